The Morgan fingerprint density at radius 3 is 2.00 bits per heavy atom. The first kappa shape index (κ1) is 19.5. The van der Waals surface area contributed by atoms with Crippen molar-refractivity contribution in [1.82, 2.24) is 0 Å². The van der Waals surface area contributed by atoms with Crippen LogP contribution in [0.2, 0.25) is 0 Å². The number of hydrogen-bond donors (Lipinski definition) is 0. The van der Waals surface area contributed by atoms with Crippen molar-refractivity contribution in [2.75, 3.05) is 0 Å². The maximum Gasteiger partial charge on any atom is 0.0876 e. The van der Waals surface area contributed by atoms with Gasteiger partial charge in [-0.2, -0.15) is 0 Å². The maximum atomic E-state index is 5.75. The van der Waals surface area contributed by atoms with E-state index in [-0.39, 0.29) is 0 Å². The normalized spacial score (nSPS) is 21.2. The second-order valence-electron chi connectivity index (χ2n) is 6.65. The zero-order valence-electron chi connectivity index (χ0n) is 15.1. The smallest absolute Gasteiger partial charge is 0.0876 e. The van der Waals surface area contributed by atoms with Gasteiger partial charge in [-0.05, 0) is 25.7 Å². The van der Waals surface area contributed by atoms with Crippen LogP contribution in [0.5, 0.6) is 0 Å². The third-order valence-electron chi connectivity index (χ3n) is 4.49. The van der Waals surface area contributed by atoms with Crippen molar-refractivity contribution in [1.29, 1.82) is 0 Å². The molecule has 0 aromatic carbocycles. The second kappa shape index (κ2) is 14.1. The van der Waals surface area contributed by atoms with Gasteiger partial charge >= 0.3 is 0 Å². The molecule has 0 aromatic heterocycles. The molecule has 1 heterocycles. The summed E-state index contributed by atoms with van der Waals surface area (Å²) in [5, 5.41) is 0. The lowest BCUT2D eigenvalue weighted by Gasteiger charge is -2.01. The fourth-order valence-corrected chi connectivity index (χ4v) is 2.96. The van der Waals surface area contributed by atoms with Crippen molar-refractivity contribution in [3.05, 3.63) is 24.3 Å². The average Bonchev–Trinajstić information content (AvgIpc) is 3.27. The van der Waals surface area contributed by atoms with Gasteiger partial charge in [0.05, 0.1) is 12.2 Å². The van der Waals surface area contributed by atoms with E-state index in [1.165, 1.54) is 64.2 Å². The summed E-state index contributed by atoms with van der Waals surface area (Å²) < 4.78 is 5.75. The van der Waals surface area contributed by atoms with Crippen molar-refractivity contribution >= 4 is 0 Å². The van der Waals surface area contributed by atoms with Gasteiger partial charge < -0.3 is 4.74 Å². The second-order valence-corrected chi connectivity index (χ2v) is 6.65. The van der Waals surface area contributed by atoms with Crippen LogP contribution in [0.3, 0.4) is 0 Å². The van der Waals surface area contributed by atoms with Crippen molar-refractivity contribution < 1.29 is 4.74 Å². The molecule has 2 atom stereocenters. The summed E-state index contributed by atoms with van der Waals surface area (Å²) in [7, 11) is 0. The van der Waals surface area contributed by atoms with E-state index in [4.69, 9.17) is 4.74 Å². The molecule has 0 bridgehead atoms. The maximum absolute atomic E-state index is 5.75. The Morgan fingerprint density at radius 2 is 1.32 bits per heavy atom. The largest absolute Gasteiger partial charge is 0.369 e. The number of hydrogen-bond acceptors (Lipinski definition) is 1. The molecule has 1 nitrogen and oxygen atoms in total. The molecule has 0 N–H and O–H groups in total. The highest BCUT2D eigenvalue weighted by Gasteiger charge is 2.36. The fourth-order valence-electron chi connectivity index (χ4n) is 2.96. The Bertz CT molecular complexity index is 292. The lowest BCUT2D eigenvalue weighted by Crippen LogP contribution is -1.93. The average molecular weight is 307 g/mol. The Hall–Kier alpha value is -0.560. The van der Waals surface area contributed by atoms with Crippen molar-refractivity contribution in [3.8, 4) is 0 Å². The number of unbranched alkanes of at least 4 members (excludes halogenated alkanes) is 8. The fraction of sp³-hybridized carbons (Fsp3) is 0.810. The molecule has 0 radical (unpaired) electrons. The molecule has 1 rings (SSSR count). The number of epoxide rings is 1. The van der Waals surface area contributed by atoms with E-state index < -0.39 is 0 Å². The van der Waals surface area contributed by atoms with E-state index >= 15 is 0 Å². The van der Waals surface area contributed by atoms with Crippen LogP contribution in [0.25, 0.3) is 0 Å². The van der Waals surface area contributed by atoms with E-state index in [0.717, 1.165) is 19.3 Å². The zero-order chi connectivity index (χ0) is 15.9. The van der Waals surface area contributed by atoms with Crippen molar-refractivity contribution in [2.45, 2.75) is 110 Å². The molecule has 0 amide bonds. The Balaban J connectivity index is 1.81. The minimum Gasteiger partial charge on any atom is -0.369 e. The third-order valence-corrected chi connectivity index (χ3v) is 4.49. The predicted octanol–water partition coefficient (Wildman–Crippen LogP) is 6.98. The Kier molecular flexibility index (Phi) is 12.5. The molecule has 0 aliphatic carbocycles. The summed E-state index contributed by atoms with van der Waals surface area (Å²) in [6.07, 6.45) is 27.5. The molecule has 2 unspecified atom stereocenters. The summed E-state index contributed by atoms with van der Waals surface area (Å²) in [5.74, 6) is 0. The zero-order valence-corrected chi connectivity index (χ0v) is 15.1. The first-order valence-electron chi connectivity index (χ1n) is 9.84. The molecule has 0 aromatic rings. The molecule has 128 valence electrons. The highest BCUT2D eigenvalue weighted by molar-refractivity contribution is 4.97. The first-order valence-corrected chi connectivity index (χ1v) is 9.84. The summed E-state index contributed by atoms with van der Waals surface area (Å²) in [6.45, 7) is 4.46. The van der Waals surface area contributed by atoms with Gasteiger partial charge in [0.25, 0.3) is 0 Å². The Morgan fingerprint density at radius 1 is 0.682 bits per heavy atom. The van der Waals surface area contributed by atoms with Crippen LogP contribution in [0.4, 0.5) is 0 Å². The SMILES string of the molecule is CCC=CCC=CCC1OC1CCCCCCCCCCC. The molecule has 1 fully saturated rings. The van der Waals surface area contributed by atoms with E-state index in [2.05, 4.69) is 38.2 Å². The van der Waals surface area contributed by atoms with E-state index in [1.807, 2.05) is 0 Å². The number of allylic oxidation sites excluding steroid dienone is 3. The monoisotopic (exact) mass is 306 g/mol. The van der Waals surface area contributed by atoms with Gasteiger partial charge in [0.1, 0.15) is 0 Å². The molecule has 1 aliphatic rings. The highest BCUT2D eigenvalue weighted by Crippen LogP contribution is 2.30. The molecular weight excluding hydrogens is 268 g/mol. The number of rotatable bonds is 15. The highest BCUT2D eigenvalue weighted by atomic mass is 16.6. The minimum atomic E-state index is 0.528. The van der Waals surface area contributed by atoms with Gasteiger partial charge in [0.15, 0.2) is 0 Å². The lowest BCUT2D eigenvalue weighted by molar-refractivity contribution is 0.358. The van der Waals surface area contributed by atoms with Crippen molar-refractivity contribution in [3.63, 3.8) is 0 Å². The van der Waals surface area contributed by atoms with Gasteiger partial charge in [0, 0.05) is 0 Å². The standard InChI is InChI=1S/C21H38O/c1-3-5-7-9-11-12-13-15-17-19-21-20(22-21)18-16-14-10-8-6-4-2/h6,8,14,16,20-21H,3-5,7,9-13,15,17-19H2,1-2H3. The predicted molar refractivity (Wildman–Crippen MR) is 98.3 cm³/mol. The van der Waals surface area contributed by atoms with Crippen LogP contribution in [0.15, 0.2) is 24.3 Å². The van der Waals surface area contributed by atoms with Crippen LogP contribution in [0, 0.1) is 0 Å². The summed E-state index contributed by atoms with van der Waals surface area (Å²) >= 11 is 0. The molecular formula is C21H38O. The first-order chi connectivity index (χ1) is 10.9. The lowest BCUT2D eigenvalue weighted by atomic mass is 10.0. The van der Waals surface area contributed by atoms with Crippen molar-refractivity contribution in [2.24, 2.45) is 0 Å². The summed E-state index contributed by atoms with van der Waals surface area (Å²) in [4.78, 5) is 0. The summed E-state index contributed by atoms with van der Waals surface area (Å²) in [5.41, 5.74) is 0. The molecule has 1 aliphatic heterocycles. The molecule has 22 heavy (non-hydrogen) atoms. The van der Waals surface area contributed by atoms with Gasteiger partial charge in [-0.1, -0.05) is 95.9 Å². The van der Waals surface area contributed by atoms with E-state index in [0.29, 0.717) is 12.2 Å². The van der Waals surface area contributed by atoms with E-state index in [9.17, 15) is 0 Å². The third kappa shape index (κ3) is 11.1. The van der Waals surface area contributed by atoms with Gasteiger partial charge in [-0.25, -0.2) is 0 Å². The van der Waals surface area contributed by atoms with Crippen LogP contribution >= 0.6 is 0 Å². The molecule has 0 saturated carbocycles. The molecule has 1 saturated heterocycles. The van der Waals surface area contributed by atoms with E-state index in [1.54, 1.807) is 0 Å². The van der Waals surface area contributed by atoms with Crippen LogP contribution < -0.4 is 0 Å². The number of ether oxygens (including phenoxy) is 1. The minimum absolute atomic E-state index is 0.528. The van der Waals surface area contributed by atoms with Crippen LogP contribution in [-0.2, 0) is 4.74 Å². The van der Waals surface area contributed by atoms with Gasteiger partial charge in [0.2, 0.25) is 0 Å². The van der Waals surface area contributed by atoms with Gasteiger partial charge in [-0.3, -0.25) is 0 Å². The molecule has 0 spiro atoms. The molecule has 1 heteroatoms. The Labute approximate surface area is 139 Å². The topological polar surface area (TPSA) is 12.5 Å². The van der Waals surface area contributed by atoms with Gasteiger partial charge in [-0.15, -0.1) is 0 Å². The van der Waals surface area contributed by atoms with Crippen LogP contribution in [0.1, 0.15) is 97.3 Å². The van der Waals surface area contributed by atoms with Crippen LogP contribution in [-0.4, -0.2) is 12.2 Å². The summed E-state index contributed by atoms with van der Waals surface area (Å²) in [6, 6.07) is 0. The quantitative estimate of drug-likeness (QED) is 0.181.